The van der Waals surface area contributed by atoms with Gasteiger partial charge in [0, 0.05) is 38.6 Å². The molecule has 5 nitrogen and oxygen atoms in total. The second-order valence-corrected chi connectivity index (χ2v) is 3.85. The Labute approximate surface area is 94.9 Å². The maximum Gasteiger partial charge on any atom is 0.109 e. The summed E-state index contributed by atoms with van der Waals surface area (Å²) in [6, 6.07) is 0. The largest absolute Gasteiger partial charge is 0.335 e. The Morgan fingerprint density at radius 1 is 1.38 bits per heavy atom. The Morgan fingerprint density at radius 2 is 2.25 bits per heavy atom. The number of aryl methyl sites for hydroxylation is 3. The van der Waals surface area contributed by atoms with Crippen LogP contribution in [-0.4, -0.2) is 25.9 Å². The van der Waals surface area contributed by atoms with Crippen LogP contribution >= 0.6 is 0 Å². The molecule has 0 saturated heterocycles. The van der Waals surface area contributed by atoms with Crippen LogP contribution in [0.15, 0.2) is 24.8 Å². The van der Waals surface area contributed by atoms with E-state index in [1.54, 1.807) is 0 Å². The summed E-state index contributed by atoms with van der Waals surface area (Å²) in [6.45, 7) is 1.57. The molecule has 0 atom stereocenters. The minimum atomic E-state index is 0.643. The Balaban J connectivity index is 1.96. The molecule has 0 amide bonds. The highest BCUT2D eigenvalue weighted by molar-refractivity contribution is 5.04. The molecule has 0 bridgehead atoms. The number of imidazole rings is 1. The minimum Gasteiger partial charge on any atom is -0.335 e. The van der Waals surface area contributed by atoms with Gasteiger partial charge in [0.2, 0.25) is 0 Å². The zero-order valence-corrected chi connectivity index (χ0v) is 9.50. The van der Waals surface area contributed by atoms with Gasteiger partial charge in [0.1, 0.15) is 5.82 Å². The summed E-state index contributed by atoms with van der Waals surface area (Å²) < 4.78 is 3.98. The fourth-order valence-electron chi connectivity index (χ4n) is 1.75. The summed E-state index contributed by atoms with van der Waals surface area (Å²) in [5.41, 5.74) is 6.78. The van der Waals surface area contributed by atoms with Gasteiger partial charge in [-0.1, -0.05) is 0 Å². The molecular weight excluding hydrogens is 202 g/mol. The van der Waals surface area contributed by atoms with Crippen LogP contribution in [-0.2, 0) is 26.4 Å². The molecule has 0 unspecified atom stereocenters. The number of hydrogen-bond donors (Lipinski definition) is 1. The smallest absolute Gasteiger partial charge is 0.109 e. The van der Waals surface area contributed by atoms with E-state index in [2.05, 4.69) is 14.6 Å². The molecule has 2 aromatic rings. The van der Waals surface area contributed by atoms with Crippen LogP contribution in [0.3, 0.4) is 0 Å². The first-order valence-electron chi connectivity index (χ1n) is 5.47. The van der Waals surface area contributed by atoms with E-state index < -0.39 is 0 Å². The topological polar surface area (TPSA) is 61.7 Å². The van der Waals surface area contributed by atoms with E-state index in [-0.39, 0.29) is 0 Å². The third-order valence-electron chi connectivity index (χ3n) is 2.57. The van der Waals surface area contributed by atoms with Gasteiger partial charge < -0.3 is 10.3 Å². The third kappa shape index (κ3) is 2.49. The standard InChI is InChI=1S/C11H17N5/c1-15-9-10(8-14-15)3-6-16-7-5-13-11(16)2-4-12/h5,7-9H,2-4,6,12H2,1H3. The second kappa shape index (κ2) is 4.94. The summed E-state index contributed by atoms with van der Waals surface area (Å²) >= 11 is 0. The lowest BCUT2D eigenvalue weighted by Crippen LogP contribution is -2.10. The fraction of sp³-hybridized carbons (Fsp3) is 0.455. The molecule has 16 heavy (non-hydrogen) atoms. The van der Waals surface area contributed by atoms with Crippen molar-refractivity contribution in [1.82, 2.24) is 19.3 Å². The van der Waals surface area contributed by atoms with Gasteiger partial charge in [0.15, 0.2) is 0 Å². The van der Waals surface area contributed by atoms with Gasteiger partial charge in [0.25, 0.3) is 0 Å². The lowest BCUT2D eigenvalue weighted by atomic mass is 10.2. The molecule has 86 valence electrons. The van der Waals surface area contributed by atoms with Crippen molar-refractivity contribution in [2.24, 2.45) is 12.8 Å². The van der Waals surface area contributed by atoms with E-state index in [0.717, 1.165) is 25.2 Å². The van der Waals surface area contributed by atoms with Crippen LogP contribution in [0.25, 0.3) is 0 Å². The molecule has 0 aromatic carbocycles. The lowest BCUT2D eigenvalue weighted by Gasteiger charge is -2.05. The van der Waals surface area contributed by atoms with Crippen molar-refractivity contribution in [2.45, 2.75) is 19.4 Å². The highest BCUT2D eigenvalue weighted by Crippen LogP contribution is 2.03. The maximum absolute atomic E-state index is 5.53. The fourth-order valence-corrected chi connectivity index (χ4v) is 1.75. The number of hydrogen-bond acceptors (Lipinski definition) is 3. The molecule has 2 N–H and O–H groups in total. The first-order valence-corrected chi connectivity index (χ1v) is 5.47. The average Bonchev–Trinajstić information content (AvgIpc) is 2.85. The molecule has 0 aliphatic heterocycles. The van der Waals surface area contributed by atoms with Crippen LogP contribution in [0.2, 0.25) is 0 Å². The average molecular weight is 219 g/mol. The normalized spacial score (nSPS) is 10.9. The van der Waals surface area contributed by atoms with Crippen molar-refractivity contribution in [2.75, 3.05) is 6.54 Å². The van der Waals surface area contributed by atoms with Gasteiger partial charge in [-0.3, -0.25) is 4.68 Å². The quantitative estimate of drug-likeness (QED) is 0.790. The van der Waals surface area contributed by atoms with E-state index in [4.69, 9.17) is 5.73 Å². The van der Waals surface area contributed by atoms with Crippen LogP contribution in [0.1, 0.15) is 11.4 Å². The van der Waals surface area contributed by atoms with E-state index in [9.17, 15) is 0 Å². The predicted molar refractivity (Wildman–Crippen MR) is 61.9 cm³/mol. The maximum atomic E-state index is 5.53. The molecule has 0 saturated carbocycles. The van der Waals surface area contributed by atoms with Crippen molar-refractivity contribution >= 4 is 0 Å². The molecule has 2 heterocycles. The summed E-state index contributed by atoms with van der Waals surface area (Å²) in [5, 5.41) is 4.15. The molecule has 2 rings (SSSR count). The molecule has 0 radical (unpaired) electrons. The molecule has 2 aromatic heterocycles. The summed E-state index contributed by atoms with van der Waals surface area (Å²) in [4.78, 5) is 4.29. The Bertz CT molecular complexity index is 443. The first kappa shape index (κ1) is 10.9. The van der Waals surface area contributed by atoms with Gasteiger partial charge in [-0.15, -0.1) is 0 Å². The van der Waals surface area contributed by atoms with Crippen LogP contribution in [0, 0.1) is 0 Å². The van der Waals surface area contributed by atoms with Crippen LogP contribution in [0.4, 0.5) is 0 Å². The zero-order chi connectivity index (χ0) is 11.4. The number of rotatable bonds is 5. The summed E-state index contributed by atoms with van der Waals surface area (Å²) in [5.74, 6) is 1.06. The molecular formula is C11H17N5. The van der Waals surface area contributed by atoms with Gasteiger partial charge in [-0.05, 0) is 18.5 Å². The third-order valence-corrected chi connectivity index (χ3v) is 2.57. The Hall–Kier alpha value is -1.62. The van der Waals surface area contributed by atoms with Crippen LogP contribution in [0.5, 0.6) is 0 Å². The predicted octanol–water partition coefficient (Wildman–Crippen LogP) is 0.360. The lowest BCUT2D eigenvalue weighted by molar-refractivity contribution is 0.648. The van der Waals surface area contributed by atoms with Gasteiger partial charge >= 0.3 is 0 Å². The molecule has 5 heteroatoms. The van der Waals surface area contributed by atoms with Crippen molar-refractivity contribution in [1.29, 1.82) is 0 Å². The van der Waals surface area contributed by atoms with E-state index in [0.29, 0.717) is 6.54 Å². The Morgan fingerprint density at radius 3 is 2.94 bits per heavy atom. The highest BCUT2D eigenvalue weighted by atomic mass is 15.2. The van der Waals surface area contributed by atoms with Gasteiger partial charge in [0.05, 0.1) is 6.20 Å². The molecule has 0 fully saturated rings. The monoisotopic (exact) mass is 219 g/mol. The molecule has 0 spiro atoms. The van der Waals surface area contributed by atoms with Gasteiger partial charge in [-0.25, -0.2) is 4.98 Å². The van der Waals surface area contributed by atoms with Crippen LogP contribution < -0.4 is 5.73 Å². The summed E-state index contributed by atoms with van der Waals surface area (Å²) in [6.07, 6.45) is 9.58. The zero-order valence-electron chi connectivity index (χ0n) is 9.50. The number of nitrogens with two attached hydrogens (primary N) is 1. The van der Waals surface area contributed by atoms with Gasteiger partial charge in [-0.2, -0.15) is 5.10 Å². The number of nitrogens with zero attached hydrogens (tertiary/aromatic N) is 4. The summed E-state index contributed by atoms with van der Waals surface area (Å²) in [7, 11) is 1.93. The van der Waals surface area contributed by atoms with E-state index in [1.807, 2.05) is 36.5 Å². The first-order chi connectivity index (χ1) is 7.79. The van der Waals surface area contributed by atoms with E-state index in [1.165, 1.54) is 5.56 Å². The molecule has 0 aliphatic rings. The van der Waals surface area contributed by atoms with Crippen molar-refractivity contribution in [3.05, 3.63) is 36.2 Å². The van der Waals surface area contributed by atoms with Crippen molar-refractivity contribution in [3.63, 3.8) is 0 Å². The number of aromatic nitrogens is 4. The van der Waals surface area contributed by atoms with Crippen molar-refractivity contribution < 1.29 is 0 Å². The second-order valence-electron chi connectivity index (χ2n) is 3.85. The Kier molecular flexibility index (Phi) is 3.36. The SMILES string of the molecule is Cn1cc(CCn2ccnc2CCN)cn1. The molecule has 0 aliphatic carbocycles. The van der Waals surface area contributed by atoms with E-state index >= 15 is 0 Å². The van der Waals surface area contributed by atoms with Crippen molar-refractivity contribution in [3.8, 4) is 0 Å². The minimum absolute atomic E-state index is 0.643. The highest BCUT2D eigenvalue weighted by Gasteiger charge is 2.02.